The highest BCUT2D eigenvalue weighted by molar-refractivity contribution is 6.30. The Kier molecular flexibility index (Phi) is 3.66. The number of oxazole rings is 1. The minimum absolute atomic E-state index is 0.395. The van der Waals surface area contributed by atoms with Gasteiger partial charge in [-0.15, -0.1) is 10.2 Å². The largest absolute Gasteiger partial charge is 0.421 e. The molecule has 4 rings (SSSR count). The second kappa shape index (κ2) is 5.98. The number of nitrogens with zero attached hydrogens (tertiary/aromatic N) is 3. The molecule has 2 aromatic carbocycles. The average Bonchev–Trinajstić information content (AvgIpc) is 3.17. The van der Waals surface area contributed by atoms with Gasteiger partial charge in [0.15, 0.2) is 5.58 Å². The quantitative estimate of drug-likeness (QED) is 0.567. The number of benzene rings is 2. The van der Waals surface area contributed by atoms with E-state index in [2.05, 4.69) is 10.2 Å². The summed E-state index contributed by atoms with van der Waals surface area (Å²) in [6, 6.07) is 14.4. The summed E-state index contributed by atoms with van der Waals surface area (Å²) in [5.41, 5.74) is 2.11. The Morgan fingerprint density at radius 3 is 2.62 bits per heavy atom. The molecule has 0 aliphatic carbocycles. The van der Waals surface area contributed by atoms with E-state index in [0.717, 1.165) is 11.1 Å². The number of hydrogen-bond donors (Lipinski definition) is 0. The van der Waals surface area contributed by atoms with Crippen LogP contribution in [0, 0.1) is 0 Å². The SMILES string of the molecule is O=c1oc2ccccc2n1CCc1nnc(-c2ccc(Cl)cc2)o1. The van der Waals surface area contributed by atoms with E-state index < -0.39 is 5.76 Å². The first-order chi connectivity index (χ1) is 11.7. The third-order valence-electron chi connectivity index (χ3n) is 3.68. The molecule has 120 valence electrons. The molecule has 24 heavy (non-hydrogen) atoms. The summed E-state index contributed by atoms with van der Waals surface area (Å²) in [6.45, 7) is 0.401. The van der Waals surface area contributed by atoms with Gasteiger partial charge >= 0.3 is 5.76 Å². The second-order valence-electron chi connectivity index (χ2n) is 5.25. The number of hydrogen-bond acceptors (Lipinski definition) is 5. The molecule has 0 bridgehead atoms. The number of aryl methyl sites for hydroxylation is 2. The van der Waals surface area contributed by atoms with Gasteiger partial charge in [0.2, 0.25) is 11.8 Å². The van der Waals surface area contributed by atoms with Crippen LogP contribution in [0.4, 0.5) is 0 Å². The van der Waals surface area contributed by atoms with Gasteiger partial charge in [0.1, 0.15) is 0 Å². The first kappa shape index (κ1) is 14.7. The fraction of sp³-hybridized carbons (Fsp3) is 0.118. The second-order valence-corrected chi connectivity index (χ2v) is 5.68. The zero-order valence-corrected chi connectivity index (χ0v) is 13.2. The lowest BCUT2D eigenvalue weighted by molar-refractivity contribution is 0.464. The molecular formula is C17H12ClN3O3. The third kappa shape index (κ3) is 2.72. The predicted octanol–water partition coefficient (Wildman–Crippen LogP) is 3.54. The first-order valence-corrected chi connectivity index (χ1v) is 7.75. The van der Waals surface area contributed by atoms with E-state index in [4.69, 9.17) is 20.4 Å². The van der Waals surface area contributed by atoms with Crippen LogP contribution in [0.2, 0.25) is 5.02 Å². The summed E-state index contributed by atoms with van der Waals surface area (Å²) in [7, 11) is 0. The van der Waals surface area contributed by atoms with Crippen molar-refractivity contribution in [2.75, 3.05) is 0 Å². The van der Waals surface area contributed by atoms with Crippen molar-refractivity contribution in [2.24, 2.45) is 0 Å². The van der Waals surface area contributed by atoms with Crippen molar-refractivity contribution >= 4 is 22.7 Å². The van der Waals surface area contributed by atoms with E-state index in [1.165, 1.54) is 0 Å². The Balaban J connectivity index is 1.55. The van der Waals surface area contributed by atoms with Crippen molar-refractivity contribution in [1.82, 2.24) is 14.8 Å². The van der Waals surface area contributed by atoms with Gasteiger partial charge in [-0.25, -0.2) is 4.79 Å². The van der Waals surface area contributed by atoms with Crippen LogP contribution in [-0.4, -0.2) is 14.8 Å². The molecule has 0 aliphatic rings. The number of fused-ring (bicyclic) bond motifs is 1. The normalized spacial score (nSPS) is 11.2. The number of aromatic nitrogens is 3. The molecule has 0 atom stereocenters. The monoisotopic (exact) mass is 341 g/mol. The molecule has 0 amide bonds. The van der Waals surface area contributed by atoms with E-state index in [-0.39, 0.29) is 0 Å². The number of rotatable bonds is 4. The van der Waals surface area contributed by atoms with Crippen molar-refractivity contribution in [3.63, 3.8) is 0 Å². The van der Waals surface area contributed by atoms with Crippen molar-refractivity contribution in [1.29, 1.82) is 0 Å². The van der Waals surface area contributed by atoms with Gasteiger partial charge in [-0.05, 0) is 36.4 Å². The molecule has 7 heteroatoms. The molecular weight excluding hydrogens is 330 g/mol. The van der Waals surface area contributed by atoms with Gasteiger partial charge in [0.25, 0.3) is 0 Å². The minimum atomic E-state index is -0.395. The van der Waals surface area contributed by atoms with Crippen molar-refractivity contribution in [3.05, 3.63) is 70.0 Å². The zero-order valence-electron chi connectivity index (χ0n) is 12.5. The molecule has 0 N–H and O–H groups in total. The summed E-state index contributed by atoms with van der Waals surface area (Å²) in [4.78, 5) is 11.9. The molecule has 0 radical (unpaired) electrons. The van der Waals surface area contributed by atoms with Crippen molar-refractivity contribution in [2.45, 2.75) is 13.0 Å². The molecule has 0 unspecified atom stereocenters. The van der Waals surface area contributed by atoms with E-state index in [1.54, 1.807) is 22.8 Å². The molecule has 0 spiro atoms. The summed E-state index contributed by atoms with van der Waals surface area (Å²) in [6.07, 6.45) is 0.435. The summed E-state index contributed by atoms with van der Waals surface area (Å²) >= 11 is 5.87. The Bertz CT molecular complexity index is 1050. The highest BCUT2D eigenvalue weighted by atomic mass is 35.5. The van der Waals surface area contributed by atoms with Gasteiger partial charge < -0.3 is 8.83 Å². The fourth-order valence-corrected chi connectivity index (χ4v) is 2.62. The Hall–Kier alpha value is -2.86. The van der Waals surface area contributed by atoms with Gasteiger partial charge in [0.05, 0.1) is 5.52 Å². The fourth-order valence-electron chi connectivity index (χ4n) is 2.50. The molecule has 2 aromatic heterocycles. The average molecular weight is 342 g/mol. The Morgan fingerprint density at radius 1 is 1.00 bits per heavy atom. The molecule has 2 heterocycles. The van der Waals surface area contributed by atoms with Crippen LogP contribution in [0.15, 0.2) is 62.2 Å². The van der Waals surface area contributed by atoms with Crippen LogP contribution >= 0.6 is 11.6 Å². The van der Waals surface area contributed by atoms with Crippen LogP contribution in [0.25, 0.3) is 22.6 Å². The van der Waals surface area contributed by atoms with Crippen LogP contribution in [0.1, 0.15) is 5.89 Å². The lowest BCUT2D eigenvalue weighted by Crippen LogP contribution is -2.15. The highest BCUT2D eigenvalue weighted by Crippen LogP contribution is 2.20. The third-order valence-corrected chi connectivity index (χ3v) is 3.93. The van der Waals surface area contributed by atoms with Crippen LogP contribution < -0.4 is 5.76 Å². The minimum Gasteiger partial charge on any atom is -0.421 e. The lowest BCUT2D eigenvalue weighted by atomic mass is 10.2. The van der Waals surface area contributed by atoms with E-state index in [1.807, 2.05) is 30.3 Å². The first-order valence-electron chi connectivity index (χ1n) is 7.37. The highest BCUT2D eigenvalue weighted by Gasteiger charge is 2.12. The summed E-state index contributed by atoms with van der Waals surface area (Å²) in [5, 5.41) is 8.70. The van der Waals surface area contributed by atoms with Crippen LogP contribution in [0.5, 0.6) is 0 Å². The lowest BCUT2D eigenvalue weighted by Gasteiger charge is -1.99. The standard InChI is InChI=1S/C17H12ClN3O3/c18-12-7-5-11(6-8-12)16-20-19-15(24-16)9-10-21-13-3-1-2-4-14(13)23-17(21)22/h1-8H,9-10H2. The van der Waals surface area contributed by atoms with E-state index in [0.29, 0.717) is 35.4 Å². The summed E-state index contributed by atoms with van der Waals surface area (Å²) < 4.78 is 12.4. The molecule has 0 aliphatic heterocycles. The smallest absolute Gasteiger partial charge is 0.419 e. The van der Waals surface area contributed by atoms with Crippen LogP contribution in [-0.2, 0) is 13.0 Å². The van der Waals surface area contributed by atoms with Crippen LogP contribution in [0.3, 0.4) is 0 Å². The van der Waals surface area contributed by atoms with Crippen molar-refractivity contribution < 1.29 is 8.83 Å². The van der Waals surface area contributed by atoms with E-state index in [9.17, 15) is 4.79 Å². The molecule has 0 fully saturated rings. The molecule has 6 nitrogen and oxygen atoms in total. The van der Waals surface area contributed by atoms with Crippen molar-refractivity contribution in [3.8, 4) is 11.5 Å². The van der Waals surface area contributed by atoms with Gasteiger partial charge in [-0.2, -0.15) is 0 Å². The summed E-state index contributed by atoms with van der Waals surface area (Å²) in [5.74, 6) is 0.483. The molecule has 4 aromatic rings. The molecule has 0 saturated carbocycles. The van der Waals surface area contributed by atoms with Gasteiger partial charge in [-0.1, -0.05) is 23.7 Å². The molecule has 0 saturated heterocycles. The van der Waals surface area contributed by atoms with Gasteiger partial charge in [-0.3, -0.25) is 4.57 Å². The predicted molar refractivity (Wildman–Crippen MR) is 88.9 cm³/mol. The number of halogens is 1. The Labute approximate surface area is 141 Å². The van der Waals surface area contributed by atoms with E-state index >= 15 is 0 Å². The maximum Gasteiger partial charge on any atom is 0.419 e. The maximum absolute atomic E-state index is 11.9. The zero-order chi connectivity index (χ0) is 16.5. The number of para-hydroxylation sites is 2. The topological polar surface area (TPSA) is 74.1 Å². The Morgan fingerprint density at radius 2 is 1.79 bits per heavy atom. The van der Waals surface area contributed by atoms with Gasteiger partial charge in [0, 0.05) is 23.6 Å². The maximum atomic E-state index is 11.9.